The molecule has 1 aromatic carbocycles. The molecule has 0 saturated carbocycles. The van der Waals surface area contributed by atoms with Gasteiger partial charge in [0.1, 0.15) is 0 Å². The van der Waals surface area contributed by atoms with Gasteiger partial charge in [0.15, 0.2) is 18.1 Å². The van der Waals surface area contributed by atoms with Gasteiger partial charge in [-0.25, -0.2) is 0 Å². The van der Waals surface area contributed by atoms with Crippen LogP contribution in [-0.2, 0) is 14.3 Å². The van der Waals surface area contributed by atoms with Crippen LogP contribution in [0, 0.1) is 5.41 Å². The lowest BCUT2D eigenvalue weighted by atomic mass is 9.92. The molecule has 0 saturated heterocycles. The quantitative estimate of drug-likeness (QED) is 0.818. The normalized spacial score (nSPS) is 10.8. The number of esters is 1. The number of rotatable bonds is 6. The highest BCUT2D eigenvalue weighted by atomic mass is 16.5. The largest absolute Gasteiger partial charge is 0.493 e. The number of benzene rings is 1. The lowest BCUT2D eigenvalue weighted by molar-refractivity contribution is -0.149. The van der Waals surface area contributed by atoms with E-state index in [1.807, 2.05) is 20.8 Å². The maximum absolute atomic E-state index is 11.8. The SMILES string of the molecule is COc1ccc(NC(=O)COC(=O)CC(C)(C)C)cc1OC. The molecule has 0 fully saturated rings. The van der Waals surface area contributed by atoms with Crippen molar-refractivity contribution >= 4 is 17.6 Å². The second kappa shape index (κ2) is 7.68. The number of hydrogen-bond donors (Lipinski definition) is 1. The molecule has 0 bridgehead atoms. The minimum Gasteiger partial charge on any atom is -0.493 e. The van der Waals surface area contributed by atoms with Gasteiger partial charge >= 0.3 is 5.97 Å². The molecule has 1 aromatic rings. The van der Waals surface area contributed by atoms with Gasteiger partial charge in [-0.2, -0.15) is 0 Å². The minimum absolute atomic E-state index is 0.170. The third-order valence-electron chi connectivity index (χ3n) is 2.71. The van der Waals surface area contributed by atoms with Gasteiger partial charge in [0, 0.05) is 11.8 Å². The summed E-state index contributed by atoms with van der Waals surface area (Å²) < 4.78 is 15.2. The molecule has 0 atom stereocenters. The van der Waals surface area contributed by atoms with Crippen LogP contribution in [0.15, 0.2) is 18.2 Å². The number of methoxy groups -OCH3 is 2. The maximum Gasteiger partial charge on any atom is 0.306 e. The Morgan fingerprint density at radius 1 is 1.09 bits per heavy atom. The third kappa shape index (κ3) is 6.03. The molecule has 1 N–H and O–H groups in total. The predicted octanol–water partition coefficient (Wildman–Crippen LogP) is 2.62. The molecule has 6 heteroatoms. The van der Waals surface area contributed by atoms with Crippen LogP contribution >= 0.6 is 0 Å². The average Bonchev–Trinajstić information content (AvgIpc) is 2.43. The number of hydrogen-bond acceptors (Lipinski definition) is 5. The zero-order valence-corrected chi connectivity index (χ0v) is 13.7. The average molecular weight is 309 g/mol. The molecule has 0 aliphatic heterocycles. The van der Waals surface area contributed by atoms with E-state index in [-0.39, 0.29) is 18.4 Å². The van der Waals surface area contributed by atoms with Crippen molar-refractivity contribution in [3.8, 4) is 11.5 Å². The zero-order valence-electron chi connectivity index (χ0n) is 13.7. The van der Waals surface area contributed by atoms with E-state index < -0.39 is 11.9 Å². The van der Waals surface area contributed by atoms with Crippen molar-refractivity contribution in [3.63, 3.8) is 0 Å². The standard InChI is InChI=1S/C16H23NO5/c1-16(2,3)9-15(19)22-10-14(18)17-11-6-7-12(20-4)13(8-11)21-5/h6-8H,9-10H2,1-5H3,(H,17,18). The van der Waals surface area contributed by atoms with E-state index in [1.165, 1.54) is 14.2 Å². The van der Waals surface area contributed by atoms with E-state index in [1.54, 1.807) is 18.2 Å². The van der Waals surface area contributed by atoms with Gasteiger partial charge in [-0.3, -0.25) is 9.59 Å². The molecule has 0 aromatic heterocycles. The van der Waals surface area contributed by atoms with Gasteiger partial charge in [-0.05, 0) is 17.5 Å². The summed E-state index contributed by atoms with van der Waals surface area (Å²) in [6, 6.07) is 4.99. The Labute approximate surface area is 130 Å². The summed E-state index contributed by atoms with van der Waals surface area (Å²) in [7, 11) is 3.04. The molecule has 6 nitrogen and oxygen atoms in total. The molecule has 1 rings (SSSR count). The number of carbonyl (C=O) groups excluding carboxylic acids is 2. The summed E-state index contributed by atoms with van der Waals surface area (Å²) in [5, 5.41) is 2.63. The van der Waals surface area contributed by atoms with Crippen molar-refractivity contribution in [1.29, 1.82) is 0 Å². The number of nitrogens with one attached hydrogen (secondary N) is 1. The Kier molecular flexibility index (Phi) is 6.22. The maximum atomic E-state index is 11.8. The van der Waals surface area contributed by atoms with Crippen LogP contribution < -0.4 is 14.8 Å². The summed E-state index contributed by atoms with van der Waals surface area (Å²) in [6.07, 6.45) is 0.261. The molecule has 122 valence electrons. The van der Waals surface area contributed by atoms with Crippen molar-refractivity contribution in [2.75, 3.05) is 26.1 Å². The fourth-order valence-electron chi connectivity index (χ4n) is 1.74. The van der Waals surface area contributed by atoms with E-state index in [2.05, 4.69) is 5.32 Å². The predicted molar refractivity (Wildman–Crippen MR) is 83.2 cm³/mol. The molecule has 1 amide bonds. The third-order valence-corrected chi connectivity index (χ3v) is 2.71. The van der Waals surface area contributed by atoms with Crippen LogP contribution in [0.3, 0.4) is 0 Å². The molecule has 0 aliphatic rings. The number of carbonyl (C=O) groups is 2. The highest BCUT2D eigenvalue weighted by Gasteiger charge is 2.18. The van der Waals surface area contributed by atoms with Gasteiger partial charge in [-0.1, -0.05) is 20.8 Å². The Morgan fingerprint density at radius 3 is 2.27 bits per heavy atom. The molecule has 0 aliphatic carbocycles. The monoisotopic (exact) mass is 309 g/mol. The summed E-state index contributed by atoms with van der Waals surface area (Å²) in [4.78, 5) is 23.3. The fraction of sp³-hybridized carbons (Fsp3) is 0.500. The molecule has 0 unspecified atom stereocenters. The van der Waals surface area contributed by atoms with Gasteiger partial charge in [-0.15, -0.1) is 0 Å². The van der Waals surface area contributed by atoms with Gasteiger partial charge < -0.3 is 19.5 Å². The highest BCUT2D eigenvalue weighted by Crippen LogP contribution is 2.29. The van der Waals surface area contributed by atoms with Crippen molar-refractivity contribution in [2.45, 2.75) is 27.2 Å². The topological polar surface area (TPSA) is 73.9 Å². The Hall–Kier alpha value is -2.24. The van der Waals surface area contributed by atoms with Crippen LogP contribution in [0.5, 0.6) is 11.5 Å². The van der Waals surface area contributed by atoms with E-state index in [0.717, 1.165) is 0 Å². The second-order valence-corrected chi connectivity index (χ2v) is 6.02. The van der Waals surface area contributed by atoms with Crippen molar-refractivity contribution in [3.05, 3.63) is 18.2 Å². The minimum atomic E-state index is -0.408. The van der Waals surface area contributed by atoms with Crippen LogP contribution in [0.2, 0.25) is 0 Å². The first kappa shape index (κ1) is 17.8. The molecule has 0 heterocycles. The zero-order chi connectivity index (χ0) is 16.8. The van der Waals surface area contributed by atoms with E-state index >= 15 is 0 Å². The van der Waals surface area contributed by atoms with Gasteiger partial charge in [0.05, 0.1) is 20.6 Å². The highest BCUT2D eigenvalue weighted by molar-refractivity contribution is 5.93. The Bertz CT molecular complexity index is 534. The van der Waals surface area contributed by atoms with E-state index in [9.17, 15) is 9.59 Å². The Balaban J connectivity index is 2.53. The van der Waals surface area contributed by atoms with Crippen LogP contribution in [0.4, 0.5) is 5.69 Å². The number of ether oxygens (including phenoxy) is 3. The first-order chi connectivity index (χ1) is 10.2. The molecular weight excluding hydrogens is 286 g/mol. The van der Waals surface area contributed by atoms with Crippen molar-refractivity contribution < 1.29 is 23.8 Å². The summed E-state index contributed by atoms with van der Waals surface area (Å²) in [5.74, 6) is 0.270. The van der Waals surface area contributed by atoms with Crippen LogP contribution in [0.25, 0.3) is 0 Å². The Morgan fingerprint density at radius 2 is 1.73 bits per heavy atom. The second-order valence-electron chi connectivity index (χ2n) is 6.02. The first-order valence-electron chi connectivity index (χ1n) is 6.92. The fourth-order valence-corrected chi connectivity index (χ4v) is 1.74. The van der Waals surface area contributed by atoms with Crippen LogP contribution in [0.1, 0.15) is 27.2 Å². The van der Waals surface area contributed by atoms with Gasteiger partial charge in [0.25, 0.3) is 5.91 Å². The van der Waals surface area contributed by atoms with E-state index in [4.69, 9.17) is 14.2 Å². The first-order valence-corrected chi connectivity index (χ1v) is 6.92. The molecule has 0 radical (unpaired) electrons. The van der Waals surface area contributed by atoms with Crippen molar-refractivity contribution in [2.24, 2.45) is 5.41 Å². The smallest absolute Gasteiger partial charge is 0.306 e. The van der Waals surface area contributed by atoms with Crippen molar-refractivity contribution in [1.82, 2.24) is 0 Å². The lowest BCUT2D eigenvalue weighted by Crippen LogP contribution is -2.23. The summed E-state index contributed by atoms with van der Waals surface area (Å²) >= 11 is 0. The summed E-state index contributed by atoms with van der Waals surface area (Å²) in [5.41, 5.74) is 0.367. The summed E-state index contributed by atoms with van der Waals surface area (Å²) in [6.45, 7) is 5.47. The molecule has 22 heavy (non-hydrogen) atoms. The number of amides is 1. The van der Waals surface area contributed by atoms with Crippen LogP contribution in [-0.4, -0.2) is 32.7 Å². The van der Waals surface area contributed by atoms with E-state index in [0.29, 0.717) is 17.2 Å². The molecule has 0 spiro atoms. The lowest BCUT2D eigenvalue weighted by Gasteiger charge is -2.16. The number of anilines is 1. The van der Waals surface area contributed by atoms with Gasteiger partial charge in [0.2, 0.25) is 0 Å². The molecular formula is C16H23NO5.